The Bertz CT molecular complexity index is 566. The van der Waals surface area contributed by atoms with Gasteiger partial charge in [0.1, 0.15) is 11.9 Å². The van der Waals surface area contributed by atoms with E-state index in [0.29, 0.717) is 16.1 Å². The van der Waals surface area contributed by atoms with Crippen molar-refractivity contribution in [1.82, 2.24) is 0 Å². The highest BCUT2D eigenvalue weighted by atomic mass is 79.9. The van der Waals surface area contributed by atoms with Crippen LogP contribution >= 0.6 is 27.5 Å². The molecule has 1 nitrogen and oxygen atoms in total. The van der Waals surface area contributed by atoms with Crippen molar-refractivity contribution in [3.05, 3.63) is 68.4 Å². The Morgan fingerprint density at radius 2 is 1.94 bits per heavy atom. The number of aliphatic hydroxyl groups excluding tert-OH is 1. The highest BCUT2D eigenvalue weighted by Gasteiger charge is 2.15. The molecule has 94 valence electrons. The average Bonchev–Trinajstić information content (AvgIpc) is 2.30. The molecule has 0 saturated heterocycles. The Hall–Kier alpha value is -0.900. The van der Waals surface area contributed by atoms with Crippen LogP contribution in [-0.4, -0.2) is 5.11 Å². The van der Waals surface area contributed by atoms with Crippen LogP contribution in [0.3, 0.4) is 0 Å². The summed E-state index contributed by atoms with van der Waals surface area (Å²) in [6.45, 7) is 1.78. The summed E-state index contributed by atoms with van der Waals surface area (Å²) in [5.74, 6) is -0.366. The molecule has 1 N–H and O–H groups in total. The largest absolute Gasteiger partial charge is 0.384 e. The maximum atomic E-state index is 13.3. The van der Waals surface area contributed by atoms with E-state index < -0.39 is 6.10 Å². The topological polar surface area (TPSA) is 20.2 Å². The zero-order valence-corrected chi connectivity index (χ0v) is 12.0. The minimum Gasteiger partial charge on any atom is -0.384 e. The molecule has 0 heterocycles. The Kier molecular flexibility index (Phi) is 4.05. The standard InChI is InChI=1S/C14H11BrClFO/c1-8-4-9(6-11(17)5-8)14(18)12-7-10(15)2-3-13(12)16/h2-7,14,18H,1H3. The first kappa shape index (κ1) is 13.5. The van der Waals surface area contributed by atoms with Gasteiger partial charge in [-0.15, -0.1) is 0 Å². The lowest BCUT2D eigenvalue weighted by Gasteiger charge is -2.14. The van der Waals surface area contributed by atoms with E-state index in [2.05, 4.69) is 15.9 Å². The number of hydrogen-bond acceptors (Lipinski definition) is 1. The third-order valence-electron chi connectivity index (χ3n) is 2.63. The molecule has 1 atom stereocenters. The van der Waals surface area contributed by atoms with E-state index in [4.69, 9.17) is 11.6 Å². The van der Waals surface area contributed by atoms with Gasteiger partial charge in [0.15, 0.2) is 0 Å². The van der Waals surface area contributed by atoms with Crippen LogP contribution in [0.2, 0.25) is 5.02 Å². The predicted molar refractivity (Wildman–Crippen MR) is 74.4 cm³/mol. The number of aliphatic hydroxyl groups is 1. The van der Waals surface area contributed by atoms with Gasteiger partial charge in [-0.1, -0.05) is 33.6 Å². The smallest absolute Gasteiger partial charge is 0.123 e. The second-order valence-electron chi connectivity index (χ2n) is 4.13. The van der Waals surface area contributed by atoms with Gasteiger partial charge < -0.3 is 5.11 Å². The van der Waals surface area contributed by atoms with Crippen LogP contribution in [-0.2, 0) is 0 Å². The maximum absolute atomic E-state index is 13.3. The predicted octanol–water partition coefficient (Wildman–Crippen LogP) is 4.63. The van der Waals surface area contributed by atoms with Gasteiger partial charge in [-0.05, 0) is 48.4 Å². The maximum Gasteiger partial charge on any atom is 0.123 e. The van der Waals surface area contributed by atoms with Crippen molar-refractivity contribution < 1.29 is 9.50 Å². The van der Waals surface area contributed by atoms with Gasteiger partial charge in [0.25, 0.3) is 0 Å². The molecule has 0 aliphatic rings. The van der Waals surface area contributed by atoms with Crippen molar-refractivity contribution in [3.63, 3.8) is 0 Å². The summed E-state index contributed by atoms with van der Waals surface area (Å²) in [5, 5.41) is 10.7. The number of hydrogen-bond donors (Lipinski definition) is 1. The quantitative estimate of drug-likeness (QED) is 0.851. The van der Waals surface area contributed by atoms with Gasteiger partial charge in [-0.25, -0.2) is 4.39 Å². The van der Waals surface area contributed by atoms with E-state index in [-0.39, 0.29) is 5.82 Å². The lowest BCUT2D eigenvalue weighted by atomic mass is 10.00. The SMILES string of the molecule is Cc1cc(F)cc(C(O)c2cc(Br)ccc2Cl)c1. The van der Waals surface area contributed by atoms with Crippen molar-refractivity contribution in [2.75, 3.05) is 0 Å². The summed E-state index contributed by atoms with van der Waals surface area (Å²) in [7, 11) is 0. The van der Waals surface area contributed by atoms with Crippen molar-refractivity contribution in [2.45, 2.75) is 13.0 Å². The van der Waals surface area contributed by atoms with E-state index in [0.717, 1.165) is 10.0 Å². The molecule has 2 aromatic rings. The zero-order chi connectivity index (χ0) is 13.3. The molecule has 0 radical (unpaired) electrons. The Morgan fingerprint density at radius 1 is 1.22 bits per heavy atom. The lowest BCUT2D eigenvalue weighted by Crippen LogP contribution is -2.02. The fraction of sp³-hybridized carbons (Fsp3) is 0.143. The van der Waals surface area contributed by atoms with Gasteiger partial charge in [0.2, 0.25) is 0 Å². The van der Waals surface area contributed by atoms with Gasteiger partial charge in [-0.3, -0.25) is 0 Å². The molecule has 0 aliphatic carbocycles. The second kappa shape index (κ2) is 5.39. The van der Waals surface area contributed by atoms with Gasteiger partial charge >= 0.3 is 0 Å². The van der Waals surface area contributed by atoms with Crippen molar-refractivity contribution in [3.8, 4) is 0 Å². The number of benzene rings is 2. The average molecular weight is 330 g/mol. The molecule has 0 aliphatic heterocycles. The molecule has 0 aromatic heterocycles. The lowest BCUT2D eigenvalue weighted by molar-refractivity contribution is 0.219. The van der Waals surface area contributed by atoms with Crippen molar-refractivity contribution in [1.29, 1.82) is 0 Å². The Morgan fingerprint density at radius 3 is 2.61 bits per heavy atom. The molecule has 0 spiro atoms. The Balaban J connectivity index is 2.47. The van der Waals surface area contributed by atoms with Crippen molar-refractivity contribution in [2.24, 2.45) is 0 Å². The van der Waals surface area contributed by atoms with Crippen LogP contribution in [0, 0.1) is 12.7 Å². The first-order valence-corrected chi connectivity index (χ1v) is 6.54. The number of aryl methyl sites for hydroxylation is 1. The summed E-state index contributed by atoms with van der Waals surface area (Å²) in [4.78, 5) is 0. The number of rotatable bonds is 2. The van der Waals surface area contributed by atoms with E-state index in [1.165, 1.54) is 12.1 Å². The van der Waals surface area contributed by atoms with Gasteiger partial charge in [0, 0.05) is 15.1 Å². The first-order chi connectivity index (χ1) is 8.47. The van der Waals surface area contributed by atoms with Crippen LogP contribution in [0.5, 0.6) is 0 Å². The molecular weight excluding hydrogens is 319 g/mol. The highest BCUT2D eigenvalue weighted by molar-refractivity contribution is 9.10. The fourth-order valence-electron chi connectivity index (χ4n) is 1.83. The van der Waals surface area contributed by atoms with E-state index in [1.807, 2.05) is 0 Å². The minimum absolute atomic E-state index is 0.366. The van der Waals surface area contributed by atoms with Crippen LogP contribution in [0.1, 0.15) is 22.8 Å². The van der Waals surface area contributed by atoms with Crippen LogP contribution in [0.25, 0.3) is 0 Å². The molecule has 4 heteroatoms. The van der Waals surface area contributed by atoms with Crippen LogP contribution < -0.4 is 0 Å². The highest BCUT2D eigenvalue weighted by Crippen LogP contribution is 2.31. The molecule has 0 amide bonds. The van der Waals surface area contributed by atoms with Gasteiger partial charge in [0.05, 0.1) is 0 Å². The second-order valence-corrected chi connectivity index (χ2v) is 5.45. The third kappa shape index (κ3) is 2.91. The Labute approximate surface area is 118 Å². The fourth-order valence-corrected chi connectivity index (χ4v) is 2.43. The molecule has 0 bridgehead atoms. The summed E-state index contributed by atoms with van der Waals surface area (Å²) >= 11 is 9.37. The third-order valence-corrected chi connectivity index (χ3v) is 3.47. The van der Waals surface area contributed by atoms with Crippen molar-refractivity contribution >= 4 is 27.5 Å². The molecular formula is C14H11BrClFO. The summed E-state index contributed by atoms with van der Waals surface area (Å²) in [6, 6.07) is 9.68. The molecule has 0 fully saturated rings. The molecule has 2 aromatic carbocycles. The van der Waals surface area contributed by atoms with Crippen LogP contribution in [0.4, 0.5) is 4.39 Å². The molecule has 2 rings (SSSR count). The zero-order valence-electron chi connectivity index (χ0n) is 9.62. The summed E-state index contributed by atoms with van der Waals surface area (Å²) in [6.07, 6.45) is -0.940. The minimum atomic E-state index is -0.940. The normalized spacial score (nSPS) is 12.5. The summed E-state index contributed by atoms with van der Waals surface area (Å²) < 4.78 is 14.1. The molecule has 1 unspecified atom stereocenters. The number of halogens is 3. The van der Waals surface area contributed by atoms with E-state index in [1.54, 1.807) is 31.2 Å². The monoisotopic (exact) mass is 328 g/mol. The molecule has 0 saturated carbocycles. The van der Waals surface area contributed by atoms with E-state index >= 15 is 0 Å². The van der Waals surface area contributed by atoms with Crippen LogP contribution in [0.15, 0.2) is 40.9 Å². The first-order valence-electron chi connectivity index (χ1n) is 5.37. The summed E-state index contributed by atoms with van der Waals surface area (Å²) in [5.41, 5.74) is 1.80. The van der Waals surface area contributed by atoms with Gasteiger partial charge in [-0.2, -0.15) is 0 Å². The molecule has 18 heavy (non-hydrogen) atoms. The van der Waals surface area contributed by atoms with E-state index in [9.17, 15) is 9.50 Å².